The molecule has 0 bridgehead atoms. The van der Waals surface area contributed by atoms with E-state index in [1.807, 2.05) is 0 Å². The number of ether oxygens (including phenoxy) is 2. The number of hydrogen-bond donors (Lipinski definition) is 1. The monoisotopic (exact) mass is 639 g/mol. The van der Waals surface area contributed by atoms with Crippen molar-refractivity contribution in [2.75, 3.05) is 13.7 Å². The van der Waals surface area contributed by atoms with Crippen LogP contribution >= 0.6 is 0 Å². The molecule has 2 aromatic rings. The van der Waals surface area contributed by atoms with Gasteiger partial charge in [0.2, 0.25) is 0 Å². The van der Waals surface area contributed by atoms with Crippen LogP contribution in [0.1, 0.15) is 133 Å². The fraction of sp³-hybridized carbons (Fsp3) is 0.588. The fourth-order valence-electron chi connectivity index (χ4n) is 5.10. The van der Waals surface area contributed by atoms with Gasteiger partial charge in [0.05, 0.1) is 19.3 Å². The van der Waals surface area contributed by atoms with E-state index in [0.29, 0.717) is 17.9 Å². The van der Waals surface area contributed by atoms with E-state index in [0.717, 1.165) is 18.9 Å². The Morgan fingerprint density at radius 1 is 0.795 bits per heavy atom. The quantitative estimate of drug-likeness (QED) is 0.0441. The molecule has 0 saturated carbocycles. The normalized spacial score (nSPS) is 11.7. The molecule has 2 aromatic carbocycles. The Kier molecular flexibility index (Phi) is 20.6. The van der Waals surface area contributed by atoms with Gasteiger partial charge in [-0.25, -0.2) is 0 Å². The third-order valence-electron chi connectivity index (χ3n) is 7.47. The first kappa shape index (κ1) is 40.1. The second-order valence-corrected chi connectivity index (χ2v) is 12.5. The van der Waals surface area contributed by atoms with Crippen molar-refractivity contribution < 1.29 is 61.9 Å². The van der Waals surface area contributed by atoms with Gasteiger partial charge in [-0.2, -0.15) is 8.42 Å². The van der Waals surface area contributed by atoms with Gasteiger partial charge >= 0.3 is 29.6 Å². The van der Waals surface area contributed by atoms with Crippen LogP contribution < -0.4 is 44.1 Å². The Bertz CT molecular complexity index is 1240. The minimum atomic E-state index is -4.67. The maximum absolute atomic E-state index is 13.2. The minimum absolute atomic E-state index is 0. The van der Waals surface area contributed by atoms with Gasteiger partial charge in [0.25, 0.3) is 10.1 Å². The molecule has 44 heavy (non-hydrogen) atoms. The molecular weight excluding hydrogens is 589 g/mol. The molecule has 0 saturated heterocycles. The van der Waals surface area contributed by atoms with Crippen molar-refractivity contribution in [2.24, 2.45) is 4.99 Å². The molecule has 8 nitrogen and oxygen atoms in total. The van der Waals surface area contributed by atoms with Crippen LogP contribution in [0.3, 0.4) is 0 Å². The summed E-state index contributed by atoms with van der Waals surface area (Å²) in [6.45, 7) is 4.03. The van der Waals surface area contributed by atoms with Crippen molar-refractivity contribution >= 4 is 27.5 Å². The maximum Gasteiger partial charge on any atom is 1.00 e. The van der Waals surface area contributed by atoms with Crippen molar-refractivity contribution in [3.63, 3.8) is 0 Å². The smallest absolute Gasteiger partial charge is 0.862 e. The number of methoxy groups -OCH3 is 1. The predicted molar refractivity (Wildman–Crippen MR) is 170 cm³/mol. The number of carbonyl (C=O) groups is 1. The molecule has 1 N–H and O–H groups in total. The molecular formula is C34H50NNaO7S. The molecule has 0 radical (unpaired) electrons. The average Bonchev–Trinajstić information content (AvgIpc) is 2.97. The molecule has 240 valence electrons. The molecule has 0 heterocycles. The topological polar surface area (TPSA) is 125 Å². The van der Waals surface area contributed by atoms with E-state index in [1.54, 1.807) is 24.3 Å². The van der Waals surface area contributed by atoms with Crippen LogP contribution in [0, 0.1) is 0 Å². The molecule has 10 heteroatoms. The number of unbranched alkanes of at least 4 members (excludes halogenated alkanes) is 15. The summed E-state index contributed by atoms with van der Waals surface area (Å²) in [7, 11) is -3.50. The van der Waals surface area contributed by atoms with Crippen LogP contribution in [0.15, 0.2) is 46.3 Å². The van der Waals surface area contributed by atoms with Gasteiger partial charge in [0.1, 0.15) is 16.3 Å². The van der Waals surface area contributed by atoms with E-state index in [2.05, 4.69) is 11.9 Å². The zero-order chi connectivity index (χ0) is 31.5. The summed E-state index contributed by atoms with van der Waals surface area (Å²) in [5.41, 5.74) is 0.0247. The molecule has 0 aliphatic heterocycles. The van der Waals surface area contributed by atoms with Crippen LogP contribution in [0.4, 0.5) is 5.69 Å². The number of hydrogen-bond acceptors (Lipinski definition) is 7. The van der Waals surface area contributed by atoms with Crippen LogP contribution in [0.25, 0.3) is 0 Å². The van der Waals surface area contributed by atoms with Crippen LogP contribution in [0.2, 0.25) is 0 Å². The van der Waals surface area contributed by atoms with Crippen molar-refractivity contribution in [1.29, 1.82) is 0 Å². The number of ketones is 1. The number of benzene rings is 2. The Labute approximate surface area is 287 Å². The second-order valence-electron chi connectivity index (χ2n) is 11.1. The van der Waals surface area contributed by atoms with Crippen molar-refractivity contribution in [3.05, 3.63) is 47.5 Å². The third-order valence-corrected chi connectivity index (χ3v) is 8.35. The number of aliphatic imine (C=N–C) groups is 1. The van der Waals surface area contributed by atoms with Crippen molar-refractivity contribution in [1.82, 2.24) is 0 Å². The molecule has 0 fully saturated rings. The summed E-state index contributed by atoms with van der Waals surface area (Å²) in [4.78, 5) is 16.4. The van der Waals surface area contributed by atoms with Crippen molar-refractivity contribution in [3.8, 4) is 11.5 Å². The fourth-order valence-corrected chi connectivity index (χ4v) is 5.76. The maximum atomic E-state index is 13.2. The summed E-state index contributed by atoms with van der Waals surface area (Å²) in [5.74, 6) is -0.866. The third kappa shape index (κ3) is 14.9. The van der Waals surface area contributed by atoms with Gasteiger partial charge in [0.15, 0.2) is 11.5 Å². The SMILES string of the molecule is CCCCCCCCCCCCCCCCCCOc1ccc(C(=O)c2ccc(S(=O)(=O)O)c(OC)c2N=C(C)[O-])cc1.[Na+]. The van der Waals surface area contributed by atoms with Gasteiger partial charge in [-0.05, 0) is 55.6 Å². The molecule has 0 amide bonds. The van der Waals surface area contributed by atoms with Crippen LogP contribution in [-0.2, 0) is 10.1 Å². The van der Waals surface area contributed by atoms with Crippen molar-refractivity contribution in [2.45, 2.75) is 121 Å². The molecule has 0 aliphatic rings. The average molecular weight is 640 g/mol. The van der Waals surface area contributed by atoms with Gasteiger partial charge in [-0.15, -0.1) is 0 Å². The molecule has 0 atom stereocenters. The largest absolute Gasteiger partial charge is 1.00 e. The van der Waals surface area contributed by atoms with Gasteiger partial charge in [0, 0.05) is 5.56 Å². The number of rotatable bonds is 23. The zero-order valence-corrected chi connectivity index (χ0v) is 30.1. The van der Waals surface area contributed by atoms with Gasteiger partial charge in [-0.1, -0.05) is 103 Å². The standard InChI is InChI=1S/C34H51NO7S.Na/c1-4-5-6-7-8-9-10-11-12-13-14-15-16-17-18-19-26-42-29-22-20-28(21-23-29)33(37)30-24-25-31(43(38,39)40)34(41-3)32(30)35-27(2)36;/h20-25H,4-19,26H2,1-3H3,(H,35,36)(H,38,39,40);/q;+1/p-1. The Balaban J connectivity index is 0.00000968. The Hall–Kier alpha value is -1.91. The first-order chi connectivity index (χ1) is 20.7. The Morgan fingerprint density at radius 3 is 1.70 bits per heavy atom. The number of nitrogens with zero attached hydrogens (tertiary/aromatic N) is 1. The van der Waals surface area contributed by atoms with E-state index >= 15 is 0 Å². The van der Waals surface area contributed by atoms with E-state index < -0.39 is 26.7 Å². The molecule has 2 rings (SSSR count). The second kappa shape index (κ2) is 22.6. The predicted octanol–water partition coefficient (Wildman–Crippen LogP) is 5.23. The van der Waals surface area contributed by atoms with Crippen LogP contribution in [-0.4, -0.2) is 38.4 Å². The number of carbonyl (C=O) groups excluding carboxylic acids is 1. The molecule has 0 spiro atoms. The first-order valence-electron chi connectivity index (χ1n) is 15.9. The summed E-state index contributed by atoms with van der Waals surface area (Å²) in [6.07, 6.45) is 21.0. The van der Waals surface area contributed by atoms with E-state index in [1.165, 1.54) is 110 Å². The minimum Gasteiger partial charge on any atom is -0.862 e. The molecule has 0 aliphatic carbocycles. The summed E-state index contributed by atoms with van der Waals surface area (Å²) in [5, 5.41) is 11.7. The zero-order valence-electron chi connectivity index (χ0n) is 27.2. The molecule has 0 aromatic heterocycles. The molecule has 0 unspecified atom stereocenters. The van der Waals surface area contributed by atoms with E-state index in [4.69, 9.17) is 9.47 Å². The van der Waals surface area contributed by atoms with Gasteiger partial charge < -0.3 is 14.6 Å². The Morgan fingerprint density at radius 2 is 1.27 bits per heavy atom. The summed E-state index contributed by atoms with van der Waals surface area (Å²) >= 11 is 0. The first-order valence-corrected chi connectivity index (χ1v) is 17.3. The van der Waals surface area contributed by atoms with Gasteiger partial charge in [-0.3, -0.25) is 14.3 Å². The van der Waals surface area contributed by atoms with E-state index in [-0.39, 0.29) is 46.6 Å². The van der Waals surface area contributed by atoms with Crippen LogP contribution in [0.5, 0.6) is 11.5 Å². The summed E-state index contributed by atoms with van der Waals surface area (Å²) < 4.78 is 44.0. The summed E-state index contributed by atoms with van der Waals surface area (Å²) in [6, 6.07) is 8.86. The van der Waals surface area contributed by atoms with E-state index in [9.17, 15) is 22.9 Å².